The summed E-state index contributed by atoms with van der Waals surface area (Å²) in [6.45, 7) is 3.66. The maximum atomic E-state index is 13.1. The first-order valence-electron chi connectivity index (χ1n) is 11.9. The van der Waals surface area contributed by atoms with E-state index in [1.54, 1.807) is 54.7 Å². The second-order valence-electron chi connectivity index (χ2n) is 8.70. The lowest BCUT2D eigenvalue weighted by Gasteiger charge is -2.18. The van der Waals surface area contributed by atoms with E-state index in [1.165, 1.54) is 12.1 Å². The standard InChI is InChI=1S/C29H27FN4O3/c1-19(18-20(2)32-29(36)26-6-3-4-17-31-26)28(35)34-27-8-5-7-25(33-27)21-9-13-23(14-10-21)37-24-15-11-22(30)12-16-24/h3-17,19-20H,18H2,1-2H3,(H,32,36)(H,33,34,35). The topological polar surface area (TPSA) is 93.2 Å². The number of aromatic nitrogens is 2. The number of amides is 2. The van der Waals surface area contributed by atoms with Crippen molar-refractivity contribution in [2.24, 2.45) is 5.92 Å². The van der Waals surface area contributed by atoms with Crippen molar-refractivity contribution in [3.05, 3.63) is 103 Å². The highest BCUT2D eigenvalue weighted by molar-refractivity contribution is 5.93. The summed E-state index contributed by atoms with van der Waals surface area (Å²) in [5, 5.41) is 5.74. The predicted octanol–water partition coefficient (Wildman–Crippen LogP) is 5.86. The molecular formula is C29H27FN4O3. The molecule has 2 atom stereocenters. The van der Waals surface area contributed by atoms with Gasteiger partial charge in [0.1, 0.15) is 28.8 Å². The molecule has 2 heterocycles. The van der Waals surface area contributed by atoms with Crippen LogP contribution in [-0.2, 0) is 4.79 Å². The van der Waals surface area contributed by atoms with E-state index in [0.717, 1.165) is 5.56 Å². The van der Waals surface area contributed by atoms with Gasteiger partial charge in [-0.1, -0.05) is 19.1 Å². The Morgan fingerprint density at radius 1 is 0.892 bits per heavy atom. The van der Waals surface area contributed by atoms with Gasteiger partial charge in [0.25, 0.3) is 5.91 Å². The molecule has 2 aromatic heterocycles. The molecule has 0 bridgehead atoms. The molecule has 4 aromatic rings. The van der Waals surface area contributed by atoms with Crippen LogP contribution in [0.25, 0.3) is 11.3 Å². The van der Waals surface area contributed by atoms with Crippen molar-refractivity contribution in [3.8, 4) is 22.8 Å². The first-order valence-corrected chi connectivity index (χ1v) is 11.9. The molecule has 7 nitrogen and oxygen atoms in total. The van der Waals surface area contributed by atoms with Gasteiger partial charge < -0.3 is 15.4 Å². The van der Waals surface area contributed by atoms with Crippen molar-refractivity contribution in [2.45, 2.75) is 26.3 Å². The van der Waals surface area contributed by atoms with Gasteiger partial charge in [0.2, 0.25) is 5.91 Å². The molecule has 2 aromatic carbocycles. The number of nitrogens with zero attached hydrogens (tertiary/aromatic N) is 2. The van der Waals surface area contributed by atoms with Crippen LogP contribution in [0.5, 0.6) is 11.5 Å². The lowest BCUT2D eigenvalue weighted by Crippen LogP contribution is -2.36. The smallest absolute Gasteiger partial charge is 0.270 e. The van der Waals surface area contributed by atoms with Gasteiger partial charge in [-0.3, -0.25) is 14.6 Å². The summed E-state index contributed by atoms with van der Waals surface area (Å²) >= 11 is 0. The highest BCUT2D eigenvalue weighted by Gasteiger charge is 2.19. The van der Waals surface area contributed by atoms with Crippen LogP contribution >= 0.6 is 0 Å². The summed E-state index contributed by atoms with van der Waals surface area (Å²) in [6.07, 6.45) is 2.02. The molecule has 2 N–H and O–H groups in total. The van der Waals surface area contributed by atoms with Gasteiger partial charge in [-0.2, -0.15) is 0 Å². The Morgan fingerprint density at radius 3 is 2.27 bits per heavy atom. The van der Waals surface area contributed by atoms with Crippen molar-refractivity contribution < 1.29 is 18.7 Å². The predicted molar refractivity (Wildman–Crippen MR) is 140 cm³/mol. The van der Waals surface area contributed by atoms with E-state index in [2.05, 4.69) is 20.6 Å². The van der Waals surface area contributed by atoms with E-state index in [0.29, 0.717) is 35.1 Å². The van der Waals surface area contributed by atoms with Gasteiger partial charge in [-0.25, -0.2) is 9.37 Å². The number of rotatable bonds is 9. The molecule has 0 aliphatic carbocycles. The van der Waals surface area contributed by atoms with Crippen molar-refractivity contribution in [3.63, 3.8) is 0 Å². The highest BCUT2D eigenvalue weighted by atomic mass is 19.1. The van der Waals surface area contributed by atoms with Crippen LogP contribution in [0.2, 0.25) is 0 Å². The van der Waals surface area contributed by atoms with E-state index in [4.69, 9.17) is 4.74 Å². The third kappa shape index (κ3) is 7.20. The summed E-state index contributed by atoms with van der Waals surface area (Å²) in [5.41, 5.74) is 1.87. The van der Waals surface area contributed by atoms with Crippen molar-refractivity contribution in [2.75, 3.05) is 5.32 Å². The average Bonchev–Trinajstić information content (AvgIpc) is 2.91. The van der Waals surface area contributed by atoms with Crippen LogP contribution in [0.1, 0.15) is 30.8 Å². The zero-order valence-corrected chi connectivity index (χ0v) is 20.5. The third-order valence-electron chi connectivity index (χ3n) is 5.63. The number of carbonyl (C=O) groups excluding carboxylic acids is 2. The van der Waals surface area contributed by atoms with E-state index < -0.39 is 0 Å². The summed E-state index contributed by atoms with van der Waals surface area (Å²) in [7, 11) is 0. The number of hydrogen-bond donors (Lipinski definition) is 2. The summed E-state index contributed by atoms with van der Waals surface area (Å²) in [4.78, 5) is 33.7. The van der Waals surface area contributed by atoms with Gasteiger partial charge in [0.05, 0.1) is 5.69 Å². The summed E-state index contributed by atoms with van der Waals surface area (Å²) in [6, 6.07) is 23.5. The lowest BCUT2D eigenvalue weighted by molar-refractivity contribution is -0.119. The molecule has 8 heteroatoms. The minimum atomic E-state index is -0.354. The molecule has 4 rings (SSSR count). The Kier molecular flexibility index (Phi) is 8.20. The van der Waals surface area contributed by atoms with Crippen molar-refractivity contribution >= 4 is 17.6 Å². The van der Waals surface area contributed by atoms with Gasteiger partial charge in [0, 0.05) is 23.7 Å². The van der Waals surface area contributed by atoms with Gasteiger partial charge in [-0.05, 0) is 86.1 Å². The van der Waals surface area contributed by atoms with Crippen LogP contribution in [-0.4, -0.2) is 27.8 Å². The monoisotopic (exact) mass is 498 g/mol. The van der Waals surface area contributed by atoms with Crippen LogP contribution < -0.4 is 15.4 Å². The van der Waals surface area contributed by atoms with Gasteiger partial charge in [-0.15, -0.1) is 0 Å². The van der Waals surface area contributed by atoms with Crippen LogP contribution in [0.4, 0.5) is 10.2 Å². The molecule has 0 aliphatic rings. The second kappa shape index (κ2) is 11.9. The van der Waals surface area contributed by atoms with Crippen molar-refractivity contribution in [1.29, 1.82) is 0 Å². The number of anilines is 1. The molecule has 0 saturated carbocycles. The Labute approximate surface area is 214 Å². The number of ether oxygens (including phenoxy) is 1. The Balaban J connectivity index is 1.33. The molecule has 0 aliphatic heterocycles. The Hall–Kier alpha value is -4.59. The number of pyridine rings is 2. The summed E-state index contributed by atoms with van der Waals surface area (Å²) < 4.78 is 18.8. The maximum Gasteiger partial charge on any atom is 0.270 e. The largest absolute Gasteiger partial charge is 0.457 e. The fraction of sp³-hybridized carbons (Fsp3) is 0.172. The van der Waals surface area contributed by atoms with Crippen molar-refractivity contribution in [1.82, 2.24) is 15.3 Å². The SMILES string of the molecule is CC(CC(C)C(=O)Nc1cccc(-c2ccc(Oc3ccc(F)cc3)cc2)n1)NC(=O)c1ccccn1. The Bertz CT molecular complexity index is 1350. The minimum Gasteiger partial charge on any atom is -0.457 e. The molecule has 0 fully saturated rings. The normalized spacial score (nSPS) is 12.3. The van der Waals surface area contributed by atoms with E-state index >= 15 is 0 Å². The van der Waals surface area contributed by atoms with E-state index in [9.17, 15) is 14.0 Å². The first-order chi connectivity index (χ1) is 17.9. The van der Waals surface area contributed by atoms with Gasteiger partial charge in [0.15, 0.2) is 0 Å². The quantitative estimate of drug-likeness (QED) is 0.302. The molecule has 0 spiro atoms. The zero-order valence-electron chi connectivity index (χ0n) is 20.5. The Morgan fingerprint density at radius 2 is 1.59 bits per heavy atom. The molecule has 2 unspecified atom stereocenters. The number of halogens is 1. The highest BCUT2D eigenvalue weighted by Crippen LogP contribution is 2.26. The van der Waals surface area contributed by atoms with Crippen LogP contribution in [0.15, 0.2) is 91.1 Å². The molecule has 0 radical (unpaired) electrons. The van der Waals surface area contributed by atoms with Crippen LogP contribution in [0.3, 0.4) is 0 Å². The lowest BCUT2D eigenvalue weighted by atomic mass is 10.0. The van der Waals surface area contributed by atoms with Crippen LogP contribution in [0, 0.1) is 11.7 Å². The number of carbonyl (C=O) groups is 2. The number of hydrogen-bond acceptors (Lipinski definition) is 5. The molecule has 37 heavy (non-hydrogen) atoms. The average molecular weight is 499 g/mol. The fourth-order valence-electron chi connectivity index (χ4n) is 3.74. The third-order valence-corrected chi connectivity index (χ3v) is 5.63. The molecule has 0 saturated heterocycles. The zero-order chi connectivity index (χ0) is 26.2. The van der Waals surface area contributed by atoms with E-state index in [-0.39, 0.29) is 29.6 Å². The van der Waals surface area contributed by atoms with Gasteiger partial charge >= 0.3 is 0 Å². The molecule has 2 amide bonds. The summed E-state index contributed by atoms with van der Waals surface area (Å²) in [5.74, 6) is 0.445. The fourth-order valence-corrected chi connectivity index (χ4v) is 3.74. The first kappa shape index (κ1) is 25.5. The maximum absolute atomic E-state index is 13.1. The minimum absolute atomic E-state index is 0.188. The number of benzene rings is 2. The number of nitrogens with one attached hydrogen (secondary N) is 2. The van der Waals surface area contributed by atoms with E-state index in [1.807, 2.05) is 38.1 Å². The molecule has 188 valence electrons. The molecular weight excluding hydrogens is 471 g/mol. The second-order valence-corrected chi connectivity index (χ2v) is 8.70.